The molecule has 0 fully saturated rings. The van der Waals surface area contributed by atoms with Crippen LogP contribution in [0.5, 0.6) is 5.75 Å². The maximum absolute atomic E-state index is 11.5. The number of ether oxygens (including phenoxy) is 2. The Hall–Kier alpha value is -1.75. The molecule has 0 aliphatic heterocycles. The molecule has 0 saturated heterocycles. The van der Waals surface area contributed by atoms with Crippen LogP contribution in [-0.4, -0.2) is 31.9 Å². The molecule has 0 heterocycles. The first-order valence-electron chi connectivity index (χ1n) is 7.66. The number of benzene rings is 1. The van der Waals surface area contributed by atoms with Gasteiger partial charge in [-0.1, -0.05) is 12.1 Å². The van der Waals surface area contributed by atoms with E-state index >= 15 is 0 Å². The van der Waals surface area contributed by atoms with E-state index in [0.717, 1.165) is 18.6 Å². The fourth-order valence-electron chi connectivity index (χ4n) is 2.15. The van der Waals surface area contributed by atoms with Gasteiger partial charge in [-0.15, -0.1) is 0 Å². The molecule has 1 aromatic rings. The molecule has 22 heavy (non-hydrogen) atoms. The van der Waals surface area contributed by atoms with E-state index < -0.39 is 5.60 Å². The van der Waals surface area contributed by atoms with Crippen molar-refractivity contribution >= 4 is 6.09 Å². The van der Waals surface area contributed by atoms with Crippen LogP contribution in [0.3, 0.4) is 0 Å². The summed E-state index contributed by atoms with van der Waals surface area (Å²) in [4.78, 5) is 11.5. The number of hydrogen-bond donors (Lipinski definition) is 2. The number of rotatable bonds is 7. The molecule has 0 radical (unpaired) electrons. The highest BCUT2D eigenvalue weighted by atomic mass is 16.6. The number of carbonyl (C=O) groups excluding carboxylic acids is 1. The molecular formula is C17H28N2O3. The van der Waals surface area contributed by atoms with Gasteiger partial charge in [0.05, 0.1) is 7.11 Å². The van der Waals surface area contributed by atoms with Crippen molar-refractivity contribution in [1.29, 1.82) is 0 Å². The monoisotopic (exact) mass is 308 g/mol. The van der Waals surface area contributed by atoms with Crippen LogP contribution in [0.4, 0.5) is 4.79 Å². The third-order valence-electron chi connectivity index (χ3n) is 3.27. The van der Waals surface area contributed by atoms with Crippen LogP contribution in [0.15, 0.2) is 24.3 Å². The van der Waals surface area contributed by atoms with Crippen LogP contribution in [0.2, 0.25) is 0 Å². The Kier molecular flexibility index (Phi) is 7.18. The van der Waals surface area contributed by atoms with Crippen LogP contribution in [0.25, 0.3) is 0 Å². The van der Waals surface area contributed by atoms with Crippen molar-refractivity contribution < 1.29 is 14.3 Å². The smallest absolute Gasteiger partial charge is 0.407 e. The Labute approximate surface area is 133 Å². The van der Waals surface area contributed by atoms with Gasteiger partial charge in [0.15, 0.2) is 0 Å². The third kappa shape index (κ3) is 6.80. The molecule has 0 aliphatic carbocycles. The molecule has 1 rings (SSSR count). The van der Waals surface area contributed by atoms with Crippen LogP contribution >= 0.6 is 0 Å². The molecule has 1 amide bonds. The topological polar surface area (TPSA) is 73.6 Å². The average molecular weight is 308 g/mol. The first kappa shape index (κ1) is 18.3. The van der Waals surface area contributed by atoms with Gasteiger partial charge in [-0.2, -0.15) is 0 Å². The predicted molar refractivity (Wildman–Crippen MR) is 88.3 cm³/mol. The Morgan fingerprint density at radius 2 is 1.91 bits per heavy atom. The van der Waals surface area contributed by atoms with Gasteiger partial charge in [0, 0.05) is 6.54 Å². The number of nitrogens with one attached hydrogen (secondary N) is 1. The fourth-order valence-corrected chi connectivity index (χ4v) is 2.15. The van der Waals surface area contributed by atoms with Crippen molar-refractivity contribution in [3.05, 3.63) is 29.8 Å². The molecule has 5 heteroatoms. The molecular weight excluding hydrogens is 280 g/mol. The van der Waals surface area contributed by atoms with Gasteiger partial charge >= 0.3 is 6.09 Å². The molecule has 0 spiro atoms. The van der Waals surface area contributed by atoms with Gasteiger partial charge in [0.1, 0.15) is 11.4 Å². The molecule has 1 unspecified atom stereocenters. The highest BCUT2D eigenvalue weighted by Crippen LogP contribution is 2.22. The van der Waals surface area contributed by atoms with Crippen molar-refractivity contribution in [3.8, 4) is 5.75 Å². The molecule has 1 atom stereocenters. The maximum atomic E-state index is 11.5. The summed E-state index contributed by atoms with van der Waals surface area (Å²) in [5.41, 5.74) is 6.59. The van der Waals surface area contributed by atoms with Crippen LogP contribution in [0.1, 0.15) is 45.1 Å². The second-order valence-corrected chi connectivity index (χ2v) is 6.28. The standard InChI is InChI=1S/C17H28N2O3/c1-17(2,3)22-16(20)19-11-5-6-14(12-18)13-7-9-15(21-4)10-8-13/h7-10,14H,5-6,11-12,18H2,1-4H3,(H,19,20). The van der Waals surface area contributed by atoms with E-state index in [2.05, 4.69) is 5.32 Å². The summed E-state index contributed by atoms with van der Waals surface area (Å²) in [7, 11) is 1.65. The molecule has 0 bridgehead atoms. The Morgan fingerprint density at radius 3 is 2.41 bits per heavy atom. The number of methoxy groups -OCH3 is 1. The lowest BCUT2D eigenvalue weighted by Crippen LogP contribution is -2.33. The minimum atomic E-state index is -0.465. The molecule has 5 nitrogen and oxygen atoms in total. The third-order valence-corrected chi connectivity index (χ3v) is 3.27. The lowest BCUT2D eigenvalue weighted by molar-refractivity contribution is 0.0527. The van der Waals surface area contributed by atoms with Crippen molar-refractivity contribution in [3.63, 3.8) is 0 Å². The van der Waals surface area contributed by atoms with E-state index in [-0.39, 0.29) is 12.0 Å². The van der Waals surface area contributed by atoms with E-state index in [9.17, 15) is 4.79 Å². The largest absolute Gasteiger partial charge is 0.497 e. The highest BCUT2D eigenvalue weighted by molar-refractivity contribution is 5.67. The zero-order valence-corrected chi connectivity index (χ0v) is 14.0. The number of carbonyl (C=O) groups is 1. The maximum Gasteiger partial charge on any atom is 0.407 e. The number of nitrogens with two attached hydrogens (primary N) is 1. The zero-order chi connectivity index (χ0) is 16.6. The lowest BCUT2D eigenvalue weighted by atomic mass is 9.94. The summed E-state index contributed by atoms with van der Waals surface area (Å²) < 4.78 is 10.3. The van der Waals surface area contributed by atoms with E-state index in [4.69, 9.17) is 15.2 Å². The van der Waals surface area contributed by atoms with Crippen LogP contribution in [0, 0.1) is 0 Å². The fraction of sp³-hybridized carbons (Fsp3) is 0.588. The van der Waals surface area contributed by atoms with Gasteiger partial charge in [-0.3, -0.25) is 0 Å². The second-order valence-electron chi connectivity index (χ2n) is 6.28. The second kappa shape index (κ2) is 8.63. The number of amides is 1. The molecule has 0 saturated carbocycles. The van der Waals surface area contributed by atoms with E-state index in [1.807, 2.05) is 45.0 Å². The van der Waals surface area contributed by atoms with Crippen molar-refractivity contribution in [2.24, 2.45) is 5.73 Å². The summed E-state index contributed by atoms with van der Waals surface area (Å²) >= 11 is 0. The van der Waals surface area contributed by atoms with E-state index in [1.54, 1.807) is 7.11 Å². The Bertz CT molecular complexity index is 452. The van der Waals surface area contributed by atoms with Gasteiger partial charge in [-0.25, -0.2) is 4.79 Å². The van der Waals surface area contributed by atoms with Gasteiger partial charge < -0.3 is 20.5 Å². The lowest BCUT2D eigenvalue weighted by Gasteiger charge is -2.20. The summed E-state index contributed by atoms with van der Waals surface area (Å²) in [6, 6.07) is 7.96. The summed E-state index contributed by atoms with van der Waals surface area (Å²) in [6.07, 6.45) is 1.40. The number of alkyl carbamates (subject to hydrolysis) is 1. The average Bonchev–Trinajstić information content (AvgIpc) is 2.46. The Balaban J connectivity index is 2.36. The van der Waals surface area contributed by atoms with E-state index in [1.165, 1.54) is 5.56 Å². The van der Waals surface area contributed by atoms with Crippen molar-refractivity contribution in [1.82, 2.24) is 5.32 Å². The van der Waals surface area contributed by atoms with Crippen LogP contribution in [-0.2, 0) is 4.74 Å². The van der Waals surface area contributed by atoms with Crippen molar-refractivity contribution in [2.45, 2.75) is 45.1 Å². The van der Waals surface area contributed by atoms with Gasteiger partial charge in [0.25, 0.3) is 0 Å². The van der Waals surface area contributed by atoms with Gasteiger partial charge in [0.2, 0.25) is 0 Å². The molecule has 0 aromatic heterocycles. The molecule has 1 aromatic carbocycles. The minimum Gasteiger partial charge on any atom is -0.497 e. The summed E-state index contributed by atoms with van der Waals surface area (Å²) in [5, 5.41) is 2.77. The predicted octanol–water partition coefficient (Wildman–Crippen LogP) is 3.04. The van der Waals surface area contributed by atoms with Crippen LogP contribution < -0.4 is 15.8 Å². The molecule has 0 aliphatic rings. The normalized spacial score (nSPS) is 12.6. The molecule has 3 N–H and O–H groups in total. The summed E-state index contributed by atoms with van der Waals surface area (Å²) in [6.45, 7) is 6.71. The SMILES string of the molecule is COc1ccc(C(CN)CCCNC(=O)OC(C)(C)C)cc1. The summed E-state index contributed by atoms with van der Waals surface area (Å²) in [5.74, 6) is 1.12. The zero-order valence-electron chi connectivity index (χ0n) is 14.0. The highest BCUT2D eigenvalue weighted by Gasteiger charge is 2.16. The first-order chi connectivity index (χ1) is 10.4. The van der Waals surface area contributed by atoms with Gasteiger partial charge in [-0.05, 0) is 63.8 Å². The quantitative estimate of drug-likeness (QED) is 0.759. The molecule has 124 valence electrons. The minimum absolute atomic E-state index is 0.284. The van der Waals surface area contributed by atoms with Crippen molar-refractivity contribution in [2.75, 3.05) is 20.2 Å². The number of hydrogen-bond acceptors (Lipinski definition) is 4. The Morgan fingerprint density at radius 1 is 1.27 bits per heavy atom. The first-order valence-corrected chi connectivity index (χ1v) is 7.66. The van der Waals surface area contributed by atoms with E-state index in [0.29, 0.717) is 13.1 Å².